The van der Waals surface area contributed by atoms with Crippen LogP contribution in [0.4, 0.5) is 0 Å². The SMILES string of the molecule is CC1CNC(c2ncnn2C)C(C)C1. The second-order valence-corrected chi connectivity index (χ2v) is 4.45. The molecule has 4 nitrogen and oxygen atoms in total. The maximum absolute atomic E-state index is 4.30. The fourth-order valence-corrected chi connectivity index (χ4v) is 2.32. The van der Waals surface area contributed by atoms with Crippen LogP contribution in [0.1, 0.15) is 32.1 Å². The van der Waals surface area contributed by atoms with Crippen LogP contribution in [0.15, 0.2) is 6.33 Å². The van der Waals surface area contributed by atoms with Gasteiger partial charge in [0.25, 0.3) is 0 Å². The quantitative estimate of drug-likeness (QED) is 0.728. The number of hydrogen-bond donors (Lipinski definition) is 1. The van der Waals surface area contributed by atoms with E-state index in [-0.39, 0.29) is 0 Å². The molecule has 1 saturated heterocycles. The van der Waals surface area contributed by atoms with Crippen LogP contribution in [-0.4, -0.2) is 21.3 Å². The molecule has 0 saturated carbocycles. The van der Waals surface area contributed by atoms with E-state index < -0.39 is 0 Å². The minimum absolute atomic E-state index is 0.374. The normalized spacial score (nSPS) is 33.2. The van der Waals surface area contributed by atoms with E-state index in [0.717, 1.165) is 18.3 Å². The van der Waals surface area contributed by atoms with Gasteiger partial charge in [0.15, 0.2) is 0 Å². The highest BCUT2D eigenvalue weighted by Gasteiger charge is 2.28. The van der Waals surface area contributed by atoms with Crippen molar-refractivity contribution in [3.8, 4) is 0 Å². The Morgan fingerprint density at radius 1 is 1.50 bits per heavy atom. The number of nitrogens with one attached hydrogen (secondary N) is 1. The van der Waals surface area contributed by atoms with Crippen molar-refractivity contribution in [2.24, 2.45) is 18.9 Å². The summed E-state index contributed by atoms with van der Waals surface area (Å²) >= 11 is 0. The fourth-order valence-electron chi connectivity index (χ4n) is 2.32. The van der Waals surface area contributed by atoms with Crippen LogP contribution in [-0.2, 0) is 7.05 Å². The van der Waals surface area contributed by atoms with Crippen molar-refractivity contribution in [2.45, 2.75) is 26.3 Å². The first-order valence-corrected chi connectivity index (χ1v) is 5.25. The molecule has 1 N–H and O–H groups in total. The fraction of sp³-hybridized carbons (Fsp3) is 0.800. The topological polar surface area (TPSA) is 42.7 Å². The molecule has 1 fully saturated rings. The standard InChI is InChI=1S/C10H18N4/c1-7-4-8(2)9(11-5-7)10-12-6-13-14(10)3/h6-9,11H,4-5H2,1-3H3. The summed E-state index contributed by atoms with van der Waals surface area (Å²) in [6, 6.07) is 0.374. The lowest BCUT2D eigenvalue weighted by Gasteiger charge is -2.32. The Morgan fingerprint density at radius 2 is 2.29 bits per heavy atom. The summed E-state index contributed by atoms with van der Waals surface area (Å²) in [5, 5.41) is 7.65. The maximum Gasteiger partial charge on any atom is 0.143 e. The van der Waals surface area contributed by atoms with Gasteiger partial charge in [0.1, 0.15) is 12.2 Å². The predicted octanol–water partition coefficient (Wildman–Crippen LogP) is 1.12. The highest BCUT2D eigenvalue weighted by molar-refractivity contribution is 4.98. The van der Waals surface area contributed by atoms with Gasteiger partial charge in [0.05, 0.1) is 6.04 Å². The van der Waals surface area contributed by atoms with Gasteiger partial charge in [0.2, 0.25) is 0 Å². The lowest BCUT2D eigenvalue weighted by Crippen LogP contribution is -2.38. The van der Waals surface area contributed by atoms with Crippen LogP contribution in [0.25, 0.3) is 0 Å². The van der Waals surface area contributed by atoms with Gasteiger partial charge in [0, 0.05) is 7.05 Å². The molecule has 1 aromatic rings. The molecule has 14 heavy (non-hydrogen) atoms. The molecule has 1 aliphatic rings. The van der Waals surface area contributed by atoms with Gasteiger partial charge in [-0.05, 0) is 24.8 Å². The zero-order valence-corrected chi connectivity index (χ0v) is 9.07. The van der Waals surface area contributed by atoms with Crippen LogP contribution in [0.2, 0.25) is 0 Å². The number of aromatic nitrogens is 3. The lowest BCUT2D eigenvalue weighted by atomic mass is 9.86. The molecule has 0 amide bonds. The van der Waals surface area contributed by atoms with Gasteiger partial charge >= 0.3 is 0 Å². The van der Waals surface area contributed by atoms with E-state index in [4.69, 9.17) is 0 Å². The Hall–Kier alpha value is -0.900. The van der Waals surface area contributed by atoms with Crippen molar-refractivity contribution in [1.82, 2.24) is 20.1 Å². The van der Waals surface area contributed by atoms with Crippen molar-refractivity contribution in [2.75, 3.05) is 6.54 Å². The molecule has 0 spiro atoms. The molecule has 1 aromatic heterocycles. The Balaban J connectivity index is 2.15. The smallest absolute Gasteiger partial charge is 0.143 e. The molecule has 1 aliphatic heterocycles. The van der Waals surface area contributed by atoms with Crippen molar-refractivity contribution < 1.29 is 0 Å². The van der Waals surface area contributed by atoms with E-state index >= 15 is 0 Å². The van der Waals surface area contributed by atoms with Crippen molar-refractivity contribution >= 4 is 0 Å². The zero-order chi connectivity index (χ0) is 10.1. The number of nitrogens with zero attached hydrogens (tertiary/aromatic N) is 3. The highest BCUT2D eigenvalue weighted by Crippen LogP contribution is 2.29. The number of piperidine rings is 1. The van der Waals surface area contributed by atoms with Gasteiger partial charge < -0.3 is 5.32 Å². The van der Waals surface area contributed by atoms with Gasteiger partial charge in [-0.3, -0.25) is 4.68 Å². The summed E-state index contributed by atoms with van der Waals surface area (Å²) in [6.45, 7) is 5.65. The Morgan fingerprint density at radius 3 is 2.86 bits per heavy atom. The molecule has 3 atom stereocenters. The first kappa shape index (κ1) is 9.65. The van der Waals surface area contributed by atoms with Crippen LogP contribution in [0.5, 0.6) is 0 Å². The maximum atomic E-state index is 4.30. The van der Waals surface area contributed by atoms with Crippen molar-refractivity contribution in [1.29, 1.82) is 0 Å². The van der Waals surface area contributed by atoms with E-state index in [9.17, 15) is 0 Å². The van der Waals surface area contributed by atoms with E-state index in [1.54, 1.807) is 6.33 Å². The second kappa shape index (κ2) is 3.69. The minimum Gasteiger partial charge on any atom is -0.307 e. The number of rotatable bonds is 1. The third kappa shape index (κ3) is 1.66. The highest BCUT2D eigenvalue weighted by atomic mass is 15.3. The van der Waals surface area contributed by atoms with E-state index in [0.29, 0.717) is 12.0 Å². The number of aryl methyl sites for hydroxylation is 1. The Bertz CT molecular complexity index is 307. The predicted molar refractivity (Wildman–Crippen MR) is 54.7 cm³/mol. The summed E-state index contributed by atoms with van der Waals surface area (Å²) in [4.78, 5) is 4.30. The summed E-state index contributed by atoms with van der Waals surface area (Å²) in [5.41, 5.74) is 0. The molecule has 2 rings (SSSR count). The molecule has 78 valence electrons. The summed E-state index contributed by atoms with van der Waals surface area (Å²) in [6.07, 6.45) is 2.90. The van der Waals surface area contributed by atoms with Gasteiger partial charge in [-0.25, -0.2) is 4.98 Å². The monoisotopic (exact) mass is 194 g/mol. The summed E-state index contributed by atoms with van der Waals surface area (Å²) in [5.74, 6) is 2.47. The molecular formula is C10H18N4. The van der Waals surface area contributed by atoms with Crippen molar-refractivity contribution in [3.05, 3.63) is 12.2 Å². The summed E-state index contributed by atoms with van der Waals surface area (Å²) in [7, 11) is 1.95. The van der Waals surface area contributed by atoms with Crippen LogP contribution >= 0.6 is 0 Å². The van der Waals surface area contributed by atoms with Crippen LogP contribution in [0.3, 0.4) is 0 Å². The van der Waals surface area contributed by atoms with Crippen LogP contribution in [0, 0.1) is 11.8 Å². The molecule has 0 aliphatic carbocycles. The molecule has 0 radical (unpaired) electrons. The molecule has 0 bridgehead atoms. The molecule has 0 aromatic carbocycles. The minimum atomic E-state index is 0.374. The van der Waals surface area contributed by atoms with E-state index in [1.807, 2.05) is 11.7 Å². The van der Waals surface area contributed by atoms with E-state index in [2.05, 4.69) is 29.2 Å². The first-order chi connectivity index (χ1) is 6.68. The molecule has 3 unspecified atom stereocenters. The van der Waals surface area contributed by atoms with Crippen molar-refractivity contribution in [3.63, 3.8) is 0 Å². The third-order valence-corrected chi connectivity index (χ3v) is 3.05. The molecular weight excluding hydrogens is 176 g/mol. The third-order valence-electron chi connectivity index (χ3n) is 3.05. The largest absolute Gasteiger partial charge is 0.307 e. The Labute approximate surface area is 84.7 Å². The van der Waals surface area contributed by atoms with Gasteiger partial charge in [-0.1, -0.05) is 13.8 Å². The average molecular weight is 194 g/mol. The lowest BCUT2D eigenvalue weighted by molar-refractivity contribution is 0.234. The Kier molecular flexibility index (Phi) is 2.54. The number of hydrogen-bond acceptors (Lipinski definition) is 3. The zero-order valence-electron chi connectivity index (χ0n) is 9.07. The first-order valence-electron chi connectivity index (χ1n) is 5.25. The summed E-state index contributed by atoms with van der Waals surface area (Å²) < 4.78 is 1.87. The van der Waals surface area contributed by atoms with Gasteiger partial charge in [-0.15, -0.1) is 0 Å². The van der Waals surface area contributed by atoms with E-state index in [1.165, 1.54) is 6.42 Å². The molecule has 4 heteroatoms. The second-order valence-electron chi connectivity index (χ2n) is 4.45. The van der Waals surface area contributed by atoms with Gasteiger partial charge in [-0.2, -0.15) is 5.10 Å². The average Bonchev–Trinajstić information content (AvgIpc) is 2.52. The molecule has 2 heterocycles. The van der Waals surface area contributed by atoms with Crippen LogP contribution < -0.4 is 5.32 Å².